The molecular formula is C14H24ClN5O3S. The lowest BCUT2D eigenvalue weighted by Gasteiger charge is -2.19. The number of carbonyl (C=O) groups excluding carboxylic acids is 1. The summed E-state index contributed by atoms with van der Waals surface area (Å²) in [6.07, 6.45) is 6.76. The van der Waals surface area contributed by atoms with Gasteiger partial charge in [0, 0.05) is 31.9 Å². The molecule has 0 unspecified atom stereocenters. The van der Waals surface area contributed by atoms with Crippen LogP contribution in [0.25, 0.3) is 0 Å². The lowest BCUT2D eigenvalue weighted by Crippen LogP contribution is -2.43. The second-order valence-electron chi connectivity index (χ2n) is 6.62. The number of amides is 1. The summed E-state index contributed by atoms with van der Waals surface area (Å²) < 4.78 is 22.7. The van der Waals surface area contributed by atoms with Crippen LogP contribution in [0.4, 0.5) is 0 Å². The van der Waals surface area contributed by atoms with Crippen molar-refractivity contribution in [2.24, 2.45) is 11.8 Å². The molecule has 10 heteroatoms. The number of nitrogens with one attached hydrogen (secondary N) is 1. The number of hydrogen-bond donors (Lipinski definition) is 1. The van der Waals surface area contributed by atoms with Crippen LogP contribution < -0.4 is 5.32 Å². The molecule has 1 aromatic heterocycles. The van der Waals surface area contributed by atoms with Gasteiger partial charge in [-0.2, -0.15) is 15.0 Å². The monoisotopic (exact) mass is 377 g/mol. The molecule has 0 spiro atoms. The van der Waals surface area contributed by atoms with E-state index >= 15 is 0 Å². The SMILES string of the molecule is CS(=O)(=O)CCN1C[C@H](NC(=O)Cn2nccn2)[C@@H](C2CC2)C1.Cl. The van der Waals surface area contributed by atoms with Gasteiger partial charge in [0.05, 0.1) is 18.1 Å². The van der Waals surface area contributed by atoms with E-state index in [0.29, 0.717) is 18.4 Å². The Morgan fingerprint density at radius 1 is 1.25 bits per heavy atom. The van der Waals surface area contributed by atoms with Gasteiger partial charge in [-0.1, -0.05) is 0 Å². The fourth-order valence-corrected chi connectivity index (χ4v) is 3.84. The third-order valence-corrected chi connectivity index (χ3v) is 5.47. The number of nitrogens with zero attached hydrogens (tertiary/aromatic N) is 4. The highest BCUT2D eigenvalue weighted by atomic mass is 35.5. The van der Waals surface area contributed by atoms with Crippen LogP contribution in [-0.4, -0.2) is 71.9 Å². The minimum absolute atomic E-state index is 0. The Morgan fingerprint density at radius 2 is 1.92 bits per heavy atom. The molecule has 0 radical (unpaired) electrons. The van der Waals surface area contributed by atoms with E-state index in [1.807, 2.05) is 0 Å². The summed E-state index contributed by atoms with van der Waals surface area (Å²) >= 11 is 0. The van der Waals surface area contributed by atoms with Crippen molar-refractivity contribution >= 4 is 28.2 Å². The van der Waals surface area contributed by atoms with Gasteiger partial charge in [-0.25, -0.2) is 8.42 Å². The van der Waals surface area contributed by atoms with E-state index in [1.54, 1.807) is 12.4 Å². The topological polar surface area (TPSA) is 97.2 Å². The van der Waals surface area contributed by atoms with Crippen molar-refractivity contribution < 1.29 is 13.2 Å². The zero-order valence-electron chi connectivity index (χ0n) is 13.7. The standard InChI is InChI=1S/C14H23N5O3S.ClH/c1-23(21,22)7-6-18-8-12(11-2-3-11)13(9-18)17-14(20)10-19-15-4-5-16-19;/h4-5,11-13H,2-3,6-10H2,1H3,(H,17,20);1H/t12-,13+;/m1./s1. The molecule has 1 aliphatic heterocycles. The first-order chi connectivity index (χ1) is 10.9. The van der Waals surface area contributed by atoms with Crippen molar-refractivity contribution in [3.63, 3.8) is 0 Å². The largest absolute Gasteiger partial charge is 0.350 e. The molecule has 1 saturated heterocycles. The highest BCUT2D eigenvalue weighted by Crippen LogP contribution is 2.41. The van der Waals surface area contributed by atoms with Gasteiger partial charge in [0.1, 0.15) is 16.4 Å². The van der Waals surface area contributed by atoms with Gasteiger partial charge in [0.2, 0.25) is 5.91 Å². The number of rotatable bonds is 7. The molecule has 136 valence electrons. The summed E-state index contributed by atoms with van der Waals surface area (Å²) in [5.74, 6) is 1.15. The van der Waals surface area contributed by atoms with Crippen LogP contribution in [0.5, 0.6) is 0 Å². The average molecular weight is 378 g/mol. The minimum Gasteiger partial charge on any atom is -0.350 e. The Labute approximate surface area is 148 Å². The van der Waals surface area contributed by atoms with Crippen molar-refractivity contribution in [3.05, 3.63) is 12.4 Å². The third-order valence-electron chi connectivity index (χ3n) is 4.54. The normalized spacial score (nSPS) is 24.5. The van der Waals surface area contributed by atoms with E-state index in [2.05, 4.69) is 20.4 Å². The first-order valence-corrected chi connectivity index (χ1v) is 10.0. The van der Waals surface area contributed by atoms with Crippen LogP contribution >= 0.6 is 12.4 Å². The van der Waals surface area contributed by atoms with E-state index in [4.69, 9.17) is 0 Å². The Kier molecular flexibility index (Phi) is 6.22. The fourth-order valence-electron chi connectivity index (χ4n) is 3.25. The van der Waals surface area contributed by atoms with Gasteiger partial charge in [-0.05, 0) is 24.7 Å². The van der Waals surface area contributed by atoms with Gasteiger partial charge in [0.15, 0.2) is 0 Å². The molecule has 1 amide bonds. The van der Waals surface area contributed by atoms with Crippen molar-refractivity contribution in [2.45, 2.75) is 25.4 Å². The maximum Gasteiger partial charge on any atom is 0.243 e. The zero-order valence-corrected chi connectivity index (χ0v) is 15.3. The molecule has 0 bridgehead atoms. The average Bonchev–Trinajstić information content (AvgIpc) is 3.03. The van der Waals surface area contributed by atoms with Crippen LogP contribution in [0, 0.1) is 11.8 Å². The molecular weight excluding hydrogens is 354 g/mol. The molecule has 8 nitrogen and oxygen atoms in total. The van der Waals surface area contributed by atoms with Gasteiger partial charge < -0.3 is 5.32 Å². The maximum absolute atomic E-state index is 12.2. The van der Waals surface area contributed by atoms with Gasteiger partial charge >= 0.3 is 0 Å². The Morgan fingerprint density at radius 3 is 2.50 bits per heavy atom. The van der Waals surface area contributed by atoms with E-state index in [0.717, 1.165) is 13.1 Å². The molecule has 24 heavy (non-hydrogen) atoms. The van der Waals surface area contributed by atoms with E-state index in [1.165, 1.54) is 23.9 Å². The second-order valence-corrected chi connectivity index (χ2v) is 8.88. The molecule has 2 heterocycles. The molecule has 2 aliphatic rings. The predicted octanol–water partition coefficient (Wildman–Crippen LogP) is -0.429. The summed E-state index contributed by atoms with van der Waals surface area (Å²) in [4.78, 5) is 15.7. The van der Waals surface area contributed by atoms with E-state index < -0.39 is 9.84 Å². The number of aromatic nitrogens is 3. The van der Waals surface area contributed by atoms with Crippen molar-refractivity contribution in [1.82, 2.24) is 25.2 Å². The summed E-state index contributed by atoms with van der Waals surface area (Å²) in [5, 5.41) is 11.0. The highest BCUT2D eigenvalue weighted by molar-refractivity contribution is 7.90. The molecule has 3 rings (SSSR count). The Balaban J connectivity index is 0.00000208. The van der Waals surface area contributed by atoms with Crippen molar-refractivity contribution in [3.8, 4) is 0 Å². The Bertz CT molecular complexity index is 647. The molecule has 1 aromatic rings. The second kappa shape index (κ2) is 7.79. The minimum atomic E-state index is -2.96. The summed E-state index contributed by atoms with van der Waals surface area (Å²) in [6.45, 7) is 2.24. The van der Waals surface area contributed by atoms with Gasteiger partial charge in [-0.15, -0.1) is 12.4 Å². The van der Waals surface area contributed by atoms with E-state index in [-0.39, 0.29) is 36.7 Å². The van der Waals surface area contributed by atoms with Crippen molar-refractivity contribution in [2.75, 3.05) is 31.6 Å². The zero-order chi connectivity index (χ0) is 16.4. The summed E-state index contributed by atoms with van der Waals surface area (Å²) in [6, 6.07) is 0.0881. The van der Waals surface area contributed by atoms with Gasteiger partial charge in [0.25, 0.3) is 0 Å². The molecule has 1 saturated carbocycles. The number of hydrogen-bond acceptors (Lipinski definition) is 6. The summed E-state index contributed by atoms with van der Waals surface area (Å²) in [5.41, 5.74) is 0. The first-order valence-electron chi connectivity index (χ1n) is 7.94. The molecule has 2 atom stereocenters. The number of sulfone groups is 1. The Hall–Kier alpha value is -1.19. The van der Waals surface area contributed by atoms with Crippen LogP contribution in [-0.2, 0) is 21.2 Å². The lowest BCUT2D eigenvalue weighted by atomic mass is 9.98. The predicted molar refractivity (Wildman–Crippen MR) is 91.6 cm³/mol. The smallest absolute Gasteiger partial charge is 0.243 e. The quantitative estimate of drug-likeness (QED) is 0.692. The van der Waals surface area contributed by atoms with Crippen LogP contribution in [0.3, 0.4) is 0 Å². The van der Waals surface area contributed by atoms with Crippen LogP contribution in [0.1, 0.15) is 12.8 Å². The first kappa shape index (κ1) is 19.1. The molecule has 1 N–H and O–H groups in total. The molecule has 1 aliphatic carbocycles. The van der Waals surface area contributed by atoms with Crippen LogP contribution in [0.15, 0.2) is 12.4 Å². The van der Waals surface area contributed by atoms with Gasteiger partial charge in [-0.3, -0.25) is 9.69 Å². The summed E-state index contributed by atoms with van der Waals surface area (Å²) in [7, 11) is -2.96. The molecule has 0 aromatic carbocycles. The number of likely N-dealkylation sites (tertiary alicyclic amines) is 1. The van der Waals surface area contributed by atoms with Crippen molar-refractivity contribution in [1.29, 1.82) is 0 Å². The highest BCUT2D eigenvalue weighted by Gasteiger charge is 2.42. The van der Waals surface area contributed by atoms with Crippen LogP contribution in [0.2, 0.25) is 0 Å². The lowest BCUT2D eigenvalue weighted by molar-refractivity contribution is -0.123. The van der Waals surface area contributed by atoms with E-state index in [9.17, 15) is 13.2 Å². The molecule has 2 fully saturated rings. The third kappa shape index (κ3) is 5.42. The fraction of sp³-hybridized carbons (Fsp3) is 0.786. The number of halogens is 1. The number of carbonyl (C=O) groups is 1. The maximum atomic E-state index is 12.2.